The van der Waals surface area contributed by atoms with Crippen molar-refractivity contribution in [2.24, 2.45) is 0 Å². The molecule has 5 heteroatoms. The normalized spacial score (nSPS) is 29.6. The predicted octanol–water partition coefficient (Wildman–Crippen LogP) is 1.09. The second-order valence-electron chi connectivity index (χ2n) is 4.41. The lowest BCUT2D eigenvalue weighted by Crippen LogP contribution is -2.51. The third kappa shape index (κ3) is 1.55. The average molecular weight is 237 g/mol. The largest absolute Gasteiger partial charge is 0.336 e. The quantitative estimate of drug-likeness (QED) is 0.795. The molecule has 2 aliphatic rings. The number of hydrogen-bond acceptors (Lipinski definition) is 4. The van der Waals surface area contributed by atoms with Crippen molar-refractivity contribution in [3.63, 3.8) is 0 Å². The highest BCUT2D eigenvalue weighted by Crippen LogP contribution is 2.34. The lowest BCUT2D eigenvalue weighted by molar-refractivity contribution is -0.130. The van der Waals surface area contributed by atoms with E-state index in [4.69, 9.17) is 0 Å². The van der Waals surface area contributed by atoms with E-state index in [2.05, 4.69) is 10.3 Å². The minimum absolute atomic E-state index is 0.298. The van der Waals surface area contributed by atoms with Crippen LogP contribution in [-0.4, -0.2) is 34.9 Å². The molecule has 1 aromatic rings. The molecular weight excluding hydrogens is 222 g/mol. The van der Waals surface area contributed by atoms with Gasteiger partial charge >= 0.3 is 0 Å². The molecule has 0 saturated carbocycles. The van der Waals surface area contributed by atoms with Gasteiger partial charge in [-0.05, 0) is 13.3 Å². The molecular formula is C11H15N3OS. The number of piperazine rings is 1. The first-order valence-corrected chi connectivity index (χ1v) is 6.52. The Morgan fingerprint density at radius 1 is 1.62 bits per heavy atom. The molecule has 16 heavy (non-hydrogen) atoms. The summed E-state index contributed by atoms with van der Waals surface area (Å²) in [6, 6.07) is 0.646. The molecule has 0 aromatic carbocycles. The number of aromatic nitrogens is 1. The number of carbonyl (C=O) groups excluding carboxylic acids is 1. The Labute approximate surface area is 98.7 Å². The van der Waals surface area contributed by atoms with Gasteiger partial charge < -0.3 is 10.2 Å². The molecule has 2 aliphatic heterocycles. The van der Waals surface area contributed by atoms with Gasteiger partial charge in [0, 0.05) is 30.6 Å². The van der Waals surface area contributed by atoms with Gasteiger partial charge in [0.25, 0.3) is 0 Å². The summed E-state index contributed by atoms with van der Waals surface area (Å²) < 4.78 is 0. The Bertz CT molecular complexity index is 417. The SMILES string of the molecule is Cc1ncc(C2NCCN3C(=O)CCC23)s1. The number of fused-ring (bicyclic) bond motifs is 1. The Morgan fingerprint density at radius 2 is 2.50 bits per heavy atom. The first-order chi connectivity index (χ1) is 7.75. The maximum absolute atomic E-state index is 11.7. The number of thiazole rings is 1. The number of nitrogens with one attached hydrogen (secondary N) is 1. The fourth-order valence-corrected chi connectivity index (χ4v) is 3.60. The van der Waals surface area contributed by atoms with Gasteiger partial charge in [-0.1, -0.05) is 0 Å². The lowest BCUT2D eigenvalue weighted by atomic mass is 10.0. The Hall–Kier alpha value is -0.940. The summed E-state index contributed by atoms with van der Waals surface area (Å²) in [6.45, 7) is 3.77. The van der Waals surface area contributed by atoms with Crippen LogP contribution in [0.25, 0.3) is 0 Å². The van der Waals surface area contributed by atoms with Crippen molar-refractivity contribution < 1.29 is 4.79 Å². The minimum atomic E-state index is 0.298. The minimum Gasteiger partial charge on any atom is -0.336 e. The number of aryl methyl sites for hydroxylation is 1. The van der Waals surface area contributed by atoms with E-state index in [0.717, 1.165) is 24.5 Å². The standard InChI is InChI=1S/C11H15N3OS/c1-7-13-6-9(16-7)11-8-2-3-10(15)14(8)5-4-12-11/h6,8,11-12H,2-5H2,1H3. The molecule has 0 bridgehead atoms. The fraction of sp³-hybridized carbons (Fsp3) is 0.636. The Balaban J connectivity index is 1.87. The maximum Gasteiger partial charge on any atom is 0.223 e. The highest BCUT2D eigenvalue weighted by Gasteiger charge is 2.40. The Kier molecular flexibility index (Phi) is 2.44. The van der Waals surface area contributed by atoms with Crippen LogP contribution in [0.3, 0.4) is 0 Å². The van der Waals surface area contributed by atoms with Crippen LogP contribution in [0.15, 0.2) is 6.20 Å². The first-order valence-electron chi connectivity index (χ1n) is 5.71. The van der Waals surface area contributed by atoms with Crippen molar-refractivity contribution in [1.29, 1.82) is 0 Å². The molecule has 1 amide bonds. The summed E-state index contributed by atoms with van der Waals surface area (Å²) in [5, 5.41) is 4.61. The topological polar surface area (TPSA) is 45.2 Å². The number of hydrogen-bond donors (Lipinski definition) is 1. The van der Waals surface area contributed by atoms with Gasteiger partial charge in [0.1, 0.15) is 0 Å². The van der Waals surface area contributed by atoms with Crippen LogP contribution in [0.1, 0.15) is 28.8 Å². The number of nitrogens with zero attached hydrogens (tertiary/aromatic N) is 2. The van der Waals surface area contributed by atoms with Crippen molar-refractivity contribution in [1.82, 2.24) is 15.2 Å². The number of rotatable bonds is 1. The van der Waals surface area contributed by atoms with E-state index in [0.29, 0.717) is 24.4 Å². The van der Waals surface area contributed by atoms with E-state index in [1.54, 1.807) is 11.3 Å². The molecule has 2 unspecified atom stereocenters. The van der Waals surface area contributed by atoms with Crippen LogP contribution in [-0.2, 0) is 4.79 Å². The third-order valence-electron chi connectivity index (χ3n) is 3.42. The summed E-state index contributed by atoms with van der Waals surface area (Å²) in [7, 11) is 0. The number of carbonyl (C=O) groups is 1. The zero-order valence-corrected chi connectivity index (χ0v) is 10.1. The highest BCUT2D eigenvalue weighted by molar-refractivity contribution is 7.11. The van der Waals surface area contributed by atoms with Gasteiger partial charge in [0.2, 0.25) is 5.91 Å². The van der Waals surface area contributed by atoms with Crippen molar-refractivity contribution in [3.05, 3.63) is 16.1 Å². The van der Waals surface area contributed by atoms with E-state index in [9.17, 15) is 4.79 Å². The van der Waals surface area contributed by atoms with Crippen LogP contribution < -0.4 is 5.32 Å². The van der Waals surface area contributed by atoms with Gasteiger partial charge in [-0.15, -0.1) is 11.3 Å². The molecule has 2 fully saturated rings. The monoisotopic (exact) mass is 237 g/mol. The smallest absolute Gasteiger partial charge is 0.223 e. The van der Waals surface area contributed by atoms with Gasteiger partial charge in [-0.3, -0.25) is 4.79 Å². The van der Waals surface area contributed by atoms with E-state index in [-0.39, 0.29) is 0 Å². The first kappa shape index (κ1) is 10.2. The zero-order chi connectivity index (χ0) is 11.1. The molecule has 0 radical (unpaired) electrons. The third-order valence-corrected chi connectivity index (χ3v) is 4.42. The number of amides is 1. The summed E-state index contributed by atoms with van der Waals surface area (Å²) in [5.41, 5.74) is 0. The van der Waals surface area contributed by atoms with Crippen molar-refractivity contribution in [3.8, 4) is 0 Å². The molecule has 2 atom stereocenters. The van der Waals surface area contributed by atoms with Gasteiger partial charge in [0.15, 0.2) is 0 Å². The van der Waals surface area contributed by atoms with Crippen LogP contribution in [0.4, 0.5) is 0 Å². The molecule has 0 spiro atoms. The maximum atomic E-state index is 11.7. The van der Waals surface area contributed by atoms with Crippen molar-refractivity contribution in [2.75, 3.05) is 13.1 Å². The fourth-order valence-electron chi connectivity index (χ4n) is 2.68. The molecule has 3 heterocycles. The van der Waals surface area contributed by atoms with Crippen LogP contribution in [0.2, 0.25) is 0 Å². The highest BCUT2D eigenvalue weighted by atomic mass is 32.1. The van der Waals surface area contributed by atoms with Gasteiger partial charge in [-0.2, -0.15) is 0 Å². The van der Waals surface area contributed by atoms with E-state index in [1.807, 2.05) is 18.0 Å². The molecule has 1 N–H and O–H groups in total. The molecule has 2 saturated heterocycles. The average Bonchev–Trinajstić information content (AvgIpc) is 2.86. The van der Waals surface area contributed by atoms with Crippen molar-refractivity contribution >= 4 is 17.2 Å². The molecule has 86 valence electrons. The van der Waals surface area contributed by atoms with Crippen LogP contribution in [0, 0.1) is 6.92 Å². The van der Waals surface area contributed by atoms with Gasteiger partial charge in [-0.25, -0.2) is 4.98 Å². The molecule has 3 rings (SSSR count). The summed E-state index contributed by atoms with van der Waals surface area (Å²) in [4.78, 5) is 19.3. The molecule has 0 aliphatic carbocycles. The Morgan fingerprint density at radius 3 is 3.25 bits per heavy atom. The molecule has 1 aromatic heterocycles. The van der Waals surface area contributed by atoms with E-state index in [1.165, 1.54) is 4.88 Å². The van der Waals surface area contributed by atoms with E-state index < -0.39 is 0 Å². The van der Waals surface area contributed by atoms with Crippen molar-refractivity contribution in [2.45, 2.75) is 31.8 Å². The predicted molar refractivity (Wildman–Crippen MR) is 62.3 cm³/mol. The zero-order valence-electron chi connectivity index (χ0n) is 9.27. The van der Waals surface area contributed by atoms with E-state index >= 15 is 0 Å². The van der Waals surface area contributed by atoms with Gasteiger partial charge in [0.05, 0.1) is 17.1 Å². The lowest BCUT2D eigenvalue weighted by Gasteiger charge is -2.36. The van der Waals surface area contributed by atoms with Crippen LogP contribution >= 0.6 is 11.3 Å². The van der Waals surface area contributed by atoms with Crippen LogP contribution in [0.5, 0.6) is 0 Å². The summed E-state index contributed by atoms with van der Waals surface area (Å²) in [5.74, 6) is 0.317. The second kappa shape index (κ2) is 3.82. The summed E-state index contributed by atoms with van der Waals surface area (Å²) >= 11 is 1.73. The summed E-state index contributed by atoms with van der Waals surface area (Å²) in [6.07, 6.45) is 3.64. The second-order valence-corrected chi connectivity index (χ2v) is 5.67. The molecule has 4 nitrogen and oxygen atoms in total.